The normalized spacial score (nSPS) is 39.9. The van der Waals surface area contributed by atoms with Crippen molar-refractivity contribution in [1.82, 2.24) is 5.32 Å². The minimum atomic E-state index is 0.291. The van der Waals surface area contributed by atoms with Crippen LogP contribution in [0.15, 0.2) is 5.16 Å². The van der Waals surface area contributed by atoms with Gasteiger partial charge in [-0.1, -0.05) is 5.16 Å². The summed E-state index contributed by atoms with van der Waals surface area (Å²) in [5.41, 5.74) is 0. The predicted octanol–water partition coefficient (Wildman–Crippen LogP) is 0.313. The van der Waals surface area contributed by atoms with E-state index in [2.05, 4.69) is 26.4 Å². The van der Waals surface area contributed by atoms with Crippen molar-refractivity contribution in [1.29, 1.82) is 0 Å². The first-order valence-electron chi connectivity index (χ1n) is 2.98. The van der Waals surface area contributed by atoms with Gasteiger partial charge in [0.2, 0.25) is 0 Å². The largest absolute Gasteiger partial charge is 0.390 e. The van der Waals surface area contributed by atoms with Crippen molar-refractivity contribution in [3.63, 3.8) is 0 Å². The maximum atomic E-state index is 5.07. The van der Waals surface area contributed by atoms with Crippen molar-refractivity contribution in [2.75, 3.05) is 13.1 Å². The molecule has 0 bridgehead atoms. The van der Waals surface area contributed by atoms with E-state index >= 15 is 0 Å². The van der Waals surface area contributed by atoms with E-state index in [-0.39, 0.29) is 0 Å². The first-order chi connectivity index (χ1) is 4.38. The van der Waals surface area contributed by atoms with Gasteiger partial charge in [0.1, 0.15) is 10.7 Å². The van der Waals surface area contributed by atoms with Crippen LogP contribution in [0.25, 0.3) is 0 Å². The molecule has 50 valence electrons. The number of rotatable bonds is 0. The molecular formula is C5H7BrN2O. The Morgan fingerprint density at radius 2 is 2.56 bits per heavy atom. The second-order valence-corrected chi connectivity index (χ2v) is 3.14. The van der Waals surface area contributed by atoms with Crippen molar-refractivity contribution < 1.29 is 4.84 Å². The van der Waals surface area contributed by atoms with Crippen LogP contribution >= 0.6 is 15.9 Å². The van der Waals surface area contributed by atoms with Gasteiger partial charge in [0.25, 0.3) is 0 Å². The van der Waals surface area contributed by atoms with Gasteiger partial charge in [-0.2, -0.15) is 0 Å². The highest BCUT2D eigenvalue weighted by molar-refractivity contribution is 9.18. The lowest BCUT2D eigenvalue weighted by Gasteiger charge is -2.01. The standard InChI is InChI=1S/C5H7BrN2O/c6-5-3-1-7-2-4(3)9-8-5/h3-4,7H,1-2H2. The maximum absolute atomic E-state index is 5.07. The van der Waals surface area contributed by atoms with Gasteiger partial charge in [-0.15, -0.1) is 0 Å². The van der Waals surface area contributed by atoms with Crippen LogP contribution in [-0.2, 0) is 4.84 Å². The van der Waals surface area contributed by atoms with Gasteiger partial charge in [-0.3, -0.25) is 0 Å². The molecule has 3 nitrogen and oxygen atoms in total. The monoisotopic (exact) mass is 190 g/mol. The molecule has 2 rings (SSSR count). The zero-order chi connectivity index (χ0) is 6.27. The Morgan fingerprint density at radius 3 is 3.33 bits per heavy atom. The molecule has 0 aromatic rings. The number of hydrogen-bond donors (Lipinski definition) is 1. The summed E-state index contributed by atoms with van der Waals surface area (Å²) in [5.74, 6) is 0.477. The van der Waals surface area contributed by atoms with Crippen LogP contribution in [0.5, 0.6) is 0 Å². The van der Waals surface area contributed by atoms with E-state index in [0.717, 1.165) is 17.7 Å². The van der Waals surface area contributed by atoms with E-state index < -0.39 is 0 Å². The third kappa shape index (κ3) is 0.773. The SMILES string of the molecule is BrC1=NOC2CNCC12. The van der Waals surface area contributed by atoms with Crippen LogP contribution in [0.3, 0.4) is 0 Å². The van der Waals surface area contributed by atoms with Crippen LogP contribution in [0.2, 0.25) is 0 Å². The Kier molecular flexibility index (Phi) is 1.23. The molecule has 4 heteroatoms. The van der Waals surface area contributed by atoms with Crippen molar-refractivity contribution >= 4 is 20.6 Å². The summed E-state index contributed by atoms with van der Waals surface area (Å²) >= 11 is 3.33. The Balaban J connectivity index is 2.16. The Morgan fingerprint density at radius 1 is 1.67 bits per heavy atom. The molecule has 2 aliphatic heterocycles. The number of oxime groups is 1. The fourth-order valence-electron chi connectivity index (χ4n) is 1.19. The molecule has 0 amide bonds. The van der Waals surface area contributed by atoms with Crippen LogP contribution < -0.4 is 5.32 Å². The van der Waals surface area contributed by atoms with Gasteiger partial charge in [0.05, 0.1) is 5.92 Å². The highest BCUT2D eigenvalue weighted by atomic mass is 79.9. The Bertz CT molecular complexity index is 159. The molecule has 0 spiro atoms. The quantitative estimate of drug-likeness (QED) is 0.597. The second kappa shape index (κ2) is 1.95. The lowest BCUT2D eigenvalue weighted by atomic mass is 10.1. The zero-order valence-corrected chi connectivity index (χ0v) is 6.39. The molecule has 0 aliphatic carbocycles. The summed E-state index contributed by atoms with van der Waals surface area (Å²) in [6.07, 6.45) is 0.291. The lowest BCUT2D eigenvalue weighted by Crippen LogP contribution is -2.17. The number of nitrogens with zero attached hydrogens (tertiary/aromatic N) is 1. The zero-order valence-electron chi connectivity index (χ0n) is 4.80. The van der Waals surface area contributed by atoms with Gasteiger partial charge in [0, 0.05) is 13.1 Å². The Labute approximate surface area is 61.6 Å². The topological polar surface area (TPSA) is 33.6 Å². The maximum Gasteiger partial charge on any atom is 0.150 e. The second-order valence-electron chi connectivity index (χ2n) is 2.32. The van der Waals surface area contributed by atoms with E-state index in [1.807, 2.05) is 0 Å². The van der Waals surface area contributed by atoms with Crippen molar-refractivity contribution in [2.45, 2.75) is 6.10 Å². The first kappa shape index (κ1) is 5.68. The highest BCUT2D eigenvalue weighted by Crippen LogP contribution is 2.24. The average Bonchev–Trinajstić information content (AvgIpc) is 2.35. The average molecular weight is 191 g/mol. The number of nitrogens with one attached hydrogen (secondary N) is 1. The predicted molar refractivity (Wildman–Crippen MR) is 37.6 cm³/mol. The van der Waals surface area contributed by atoms with Gasteiger partial charge in [-0.25, -0.2) is 0 Å². The molecule has 1 N–H and O–H groups in total. The Hall–Kier alpha value is -0.0900. The summed E-state index contributed by atoms with van der Waals surface area (Å²) in [7, 11) is 0. The third-order valence-corrected chi connectivity index (χ3v) is 2.47. The molecular weight excluding hydrogens is 184 g/mol. The molecule has 2 heterocycles. The molecule has 2 aliphatic rings. The van der Waals surface area contributed by atoms with E-state index in [9.17, 15) is 0 Å². The molecule has 1 saturated heterocycles. The van der Waals surface area contributed by atoms with E-state index in [1.54, 1.807) is 0 Å². The van der Waals surface area contributed by atoms with E-state index in [1.165, 1.54) is 0 Å². The van der Waals surface area contributed by atoms with E-state index in [0.29, 0.717) is 12.0 Å². The van der Waals surface area contributed by atoms with Gasteiger partial charge in [-0.05, 0) is 15.9 Å². The van der Waals surface area contributed by atoms with Crippen molar-refractivity contribution in [2.24, 2.45) is 11.1 Å². The minimum Gasteiger partial charge on any atom is -0.390 e. The van der Waals surface area contributed by atoms with Gasteiger partial charge >= 0.3 is 0 Å². The highest BCUT2D eigenvalue weighted by Gasteiger charge is 2.36. The molecule has 0 saturated carbocycles. The molecule has 2 unspecified atom stereocenters. The number of fused-ring (bicyclic) bond motifs is 1. The van der Waals surface area contributed by atoms with Crippen LogP contribution in [0, 0.1) is 5.92 Å². The fourth-order valence-corrected chi connectivity index (χ4v) is 1.73. The summed E-state index contributed by atoms with van der Waals surface area (Å²) < 4.78 is 0.956. The summed E-state index contributed by atoms with van der Waals surface area (Å²) in [4.78, 5) is 5.07. The molecule has 0 aromatic heterocycles. The number of hydrogen-bond acceptors (Lipinski definition) is 3. The molecule has 0 aromatic carbocycles. The molecule has 0 radical (unpaired) electrons. The fraction of sp³-hybridized carbons (Fsp3) is 0.800. The van der Waals surface area contributed by atoms with Crippen molar-refractivity contribution in [3.8, 4) is 0 Å². The first-order valence-corrected chi connectivity index (χ1v) is 3.77. The van der Waals surface area contributed by atoms with Crippen LogP contribution in [0.4, 0.5) is 0 Å². The van der Waals surface area contributed by atoms with Crippen molar-refractivity contribution in [3.05, 3.63) is 0 Å². The molecule has 1 fully saturated rings. The molecule has 2 atom stereocenters. The van der Waals surface area contributed by atoms with Gasteiger partial charge < -0.3 is 10.2 Å². The smallest absolute Gasteiger partial charge is 0.150 e. The summed E-state index contributed by atoms with van der Waals surface area (Å²) in [5, 5.41) is 7.03. The summed E-state index contributed by atoms with van der Waals surface area (Å²) in [6, 6.07) is 0. The van der Waals surface area contributed by atoms with Crippen LogP contribution in [0.1, 0.15) is 0 Å². The van der Waals surface area contributed by atoms with Gasteiger partial charge in [0.15, 0.2) is 0 Å². The third-order valence-electron chi connectivity index (χ3n) is 1.74. The van der Waals surface area contributed by atoms with E-state index in [4.69, 9.17) is 4.84 Å². The summed E-state index contributed by atoms with van der Waals surface area (Å²) in [6.45, 7) is 1.93. The number of halogens is 1. The minimum absolute atomic E-state index is 0.291. The molecule has 9 heavy (non-hydrogen) atoms. The van der Waals surface area contributed by atoms with Crippen LogP contribution in [-0.4, -0.2) is 23.8 Å². The lowest BCUT2D eigenvalue weighted by molar-refractivity contribution is 0.0842.